The summed E-state index contributed by atoms with van der Waals surface area (Å²) in [5.41, 5.74) is 1.90. The molecule has 1 aromatic carbocycles. The number of methoxy groups -OCH3 is 1. The molecular formula is C21H26N4O3. The quantitative estimate of drug-likeness (QED) is 0.771. The Kier molecular flexibility index (Phi) is 6.47. The Hall–Kier alpha value is -3.09. The van der Waals surface area contributed by atoms with Crippen LogP contribution < -0.4 is 15.4 Å². The molecule has 7 heteroatoms. The number of aromatic nitrogens is 1. The van der Waals surface area contributed by atoms with Crippen molar-refractivity contribution in [2.45, 2.75) is 38.4 Å². The molecule has 1 saturated heterocycles. The number of urea groups is 1. The maximum Gasteiger partial charge on any atom is 0.318 e. The van der Waals surface area contributed by atoms with Crippen molar-refractivity contribution in [1.82, 2.24) is 20.5 Å². The van der Waals surface area contributed by atoms with Crippen LogP contribution in [-0.2, 0) is 11.3 Å². The summed E-state index contributed by atoms with van der Waals surface area (Å²) in [7, 11) is 1.62. The third-order valence-corrected chi connectivity index (χ3v) is 4.84. The zero-order valence-electron chi connectivity index (χ0n) is 16.2. The number of nitrogens with one attached hydrogen (secondary N) is 2. The lowest BCUT2D eigenvalue weighted by Crippen LogP contribution is -2.46. The number of ether oxygens (including phenoxy) is 1. The summed E-state index contributed by atoms with van der Waals surface area (Å²) < 4.78 is 5.26. The van der Waals surface area contributed by atoms with Gasteiger partial charge in [-0.3, -0.25) is 9.78 Å². The molecule has 148 valence electrons. The topological polar surface area (TPSA) is 83.6 Å². The predicted molar refractivity (Wildman–Crippen MR) is 106 cm³/mol. The number of nitrogens with zero attached hydrogens (tertiary/aromatic N) is 2. The molecule has 3 rings (SSSR count). The van der Waals surface area contributed by atoms with Gasteiger partial charge in [-0.25, -0.2) is 4.79 Å². The van der Waals surface area contributed by atoms with Crippen LogP contribution in [0.15, 0.2) is 48.8 Å². The van der Waals surface area contributed by atoms with Crippen LogP contribution in [0.5, 0.6) is 5.75 Å². The fraction of sp³-hybridized carbons (Fsp3) is 0.381. The number of hydrogen-bond acceptors (Lipinski definition) is 4. The lowest BCUT2D eigenvalue weighted by atomic mass is 10.1. The Bertz CT molecular complexity index is 812. The van der Waals surface area contributed by atoms with Gasteiger partial charge in [-0.15, -0.1) is 0 Å². The molecule has 1 aliphatic rings. The second-order valence-electron chi connectivity index (χ2n) is 6.99. The van der Waals surface area contributed by atoms with Gasteiger partial charge in [0.25, 0.3) is 0 Å². The minimum Gasteiger partial charge on any atom is -0.497 e. The second-order valence-corrected chi connectivity index (χ2v) is 6.99. The van der Waals surface area contributed by atoms with Crippen LogP contribution in [0, 0.1) is 0 Å². The smallest absolute Gasteiger partial charge is 0.318 e. The molecule has 2 heterocycles. The van der Waals surface area contributed by atoms with Crippen LogP contribution in [0.2, 0.25) is 0 Å². The zero-order chi connectivity index (χ0) is 19.9. The lowest BCUT2D eigenvalue weighted by Gasteiger charge is -2.28. The standard InChI is InChI=1S/C21H26N4O3/c1-15(17-6-3-7-19(11-17)28-2)23-21(27)25(13-16-5-4-10-22-12-16)14-18-8-9-20(26)24-18/h3-7,10-12,15,18H,8-9,13-14H2,1-2H3,(H,23,27)(H,24,26)/t15-,18-/m0/s1. The van der Waals surface area contributed by atoms with Crippen LogP contribution >= 0.6 is 0 Å². The molecule has 1 fully saturated rings. The zero-order valence-corrected chi connectivity index (χ0v) is 16.2. The third kappa shape index (κ3) is 5.22. The SMILES string of the molecule is COc1cccc([C@H](C)NC(=O)N(Cc2cccnc2)C[C@@H]2CCC(=O)N2)c1. The number of carbonyl (C=O) groups excluding carboxylic acids is 2. The highest BCUT2D eigenvalue weighted by atomic mass is 16.5. The van der Waals surface area contributed by atoms with Crippen LogP contribution in [-0.4, -0.2) is 41.5 Å². The Balaban J connectivity index is 1.70. The molecule has 1 aliphatic heterocycles. The summed E-state index contributed by atoms with van der Waals surface area (Å²) in [5.74, 6) is 0.788. The van der Waals surface area contributed by atoms with Crippen molar-refractivity contribution >= 4 is 11.9 Å². The summed E-state index contributed by atoms with van der Waals surface area (Å²) in [5, 5.41) is 5.98. The maximum atomic E-state index is 13.0. The number of hydrogen-bond donors (Lipinski definition) is 2. The van der Waals surface area contributed by atoms with Crippen molar-refractivity contribution in [3.05, 3.63) is 59.9 Å². The summed E-state index contributed by atoms with van der Waals surface area (Å²) in [4.78, 5) is 30.4. The molecule has 0 spiro atoms. The van der Waals surface area contributed by atoms with E-state index in [1.807, 2.05) is 43.3 Å². The van der Waals surface area contributed by atoms with E-state index in [9.17, 15) is 9.59 Å². The highest BCUT2D eigenvalue weighted by molar-refractivity contribution is 5.79. The van der Waals surface area contributed by atoms with Gasteiger partial charge < -0.3 is 20.3 Å². The largest absolute Gasteiger partial charge is 0.497 e. The summed E-state index contributed by atoms with van der Waals surface area (Å²) in [6.07, 6.45) is 4.70. The lowest BCUT2D eigenvalue weighted by molar-refractivity contribution is -0.119. The molecule has 2 N–H and O–H groups in total. The van der Waals surface area contributed by atoms with E-state index in [-0.39, 0.29) is 24.0 Å². The van der Waals surface area contributed by atoms with Crippen LogP contribution in [0.25, 0.3) is 0 Å². The Morgan fingerprint density at radius 2 is 2.25 bits per heavy atom. The summed E-state index contributed by atoms with van der Waals surface area (Å²) in [6.45, 7) is 2.82. The first kappa shape index (κ1) is 19.7. The fourth-order valence-electron chi connectivity index (χ4n) is 3.28. The molecule has 28 heavy (non-hydrogen) atoms. The molecule has 0 unspecified atom stereocenters. The Labute approximate surface area is 165 Å². The van der Waals surface area contributed by atoms with Crippen LogP contribution in [0.1, 0.15) is 36.9 Å². The van der Waals surface area contributed by atoms with Crippen molar-refractivity contribution in [1.29, 1.82) is 0 Å². The minimum absolute atomic E-state index is 0.0259. The molecule has 0 saturated carbocycles. The number of carbonyl (C=O) groups is 2. The van der Waals surface area contributed by atoms with Gasteiger partial charge in [0.15, 0.2) is 0 Å². The maximum absolute atomic E-state index is 13.0. The van der Waals surface area contributed by atoms with E-state index in [0.29, 0.717) is 19.5 Å². The molecule has 0 radical (unpaired) electrons. The van der Waals surface area contributed by atoms with Gasteiger partial charge >= 0.3 is 6.03 Å². The average Bonchev–Trinajstić information content (AvgIpc) is 3.13. The van der Waals surface area contributed by atoms with Gasteiger partial charge in [0.2, 0.25) is 5.91 Å². The van der Waals surface area contributed by atoms with Crippen molar-refractivity contribution in [3.63, 3.8) is 0 Å². The highest BCUT2D eigenvalue weighted by Gasteiger charge is 2.26. The van der Waals surface area contributed by atoms with Gasteiger partial charge in [0, 0.05) is 37.9 Å². The van der Waals surface area contributed by atoms with Crippen LogP contribution in [0.3, 0.4) is 0 Å². The highest BCUT2D eigenvalue weighted by Crippen LogP contribution is 2.19. The Morgan fingerprint density at radius 1 is 1.39 bits per heavy atom. The van der Waals surface area contributed by atoms with Crippen molar-refractivity contribution in [2.75, 3.05) is 13.7 Å². The minimum atomic E-state index is -0.183. The van der Waals surface area contributed by atoms with Gasteiger partial charge in [-0.05, 0) is 42.7 Å². The molecule has 2 aromatic rings. The van der Waals surface area contributed by atoms with Crippen molar-refractivity contribution in [2.24, 2.45) is 0 Å². The van der Waals surface area contributed by atoms with E-state index in [2.05, 4.69) is 15.6 Å². The van der Waals surface area contributed by atoms with Crippen LogP contribution in [0.4, 0.5) is 4.79 Å². The molecule has 1 aromatic heterocycles. The average molecular weight is 382 g/mol. The van der Waals surface area contributed by atoms with Gasteiger partial charge in [0.05, 0.1) is 13.2 Å². The molecule has 7 nitrogen and oxygen atoms in total. The Morgan fingerprint density at radius 3 is 2.93 bits per heavy atom. The van der Waals surface area contributed by atoms with Gasteiger partial charge in [0.1, 0.15) is 5.75 Å². The first-order valence-corrected chi connectivity index (χ1v) is 9.43. The molecule has 0 bridgehead atoms. The molecule has 3 amide bonds. The van der Waals surface area contributed by atoms with E-state index in [0.717, 1.165) is 23.3 Å². The molecular weight excluding hydrogens is 356 g/mol. The fourth-order valence-corrected chi connectivity index (χ4v) is 3.28. The van der Waals surface area contributed by atoms with Gasteiger partial charge in [-0.2, -0.15) is 0 Å². The number of pyridine rings is 1. The summed E-state index contributed by atoms with van der Waals surface area (Å²) >= 11 is 0. The first-order valence-electron chi connectivity index (χ1n) is 9.43. The van der Waals surface area contributed by atoms with Gasteiger partial charge in [-0.1, -0.05) is 18.2 Å². The molecule has 0 aliphatic carbocycles. The van der Waals surface area contributed by atoms with E-state index in [1.165, 1.54) is 0 Å². The second kappa shape index (κ2) is 9.21. The van der Waals surface area contributed by atoms with Crippen molar-refractivity contribution in [3.8, 4) is 5.75 Å². The van der Waals surface area contributed by atoms with Crippen molar-refractivity contribution < 1.29 is 14.3 Å². The summed E-state index contributed by atoms with van der Waals surface area (Å²) in [6, 6.07) is 11.0. The third-order valence-electron chi connectivity index (χ3n) is 4.84. The predicted octanol–water partition coefficient (Wildman–Crippen LogP) is 2.64. The first-order chi connectivity index (χ1) is 13.5. The number of amides is 3. The monoisotopic (exact) mass is 382 g/mol. The normalized spacial score (nSPS) is 16.9. The number of benzene rings is 1. The van der Waals surface area contributed by atoms with E-state index in [4.69, 9.17) is 4.74 Å². The van der Waals surface area contributed by atoms with E-state index >= 15 is 0 Å². The van der Waals surface area contributed by atoms with E-state index < -0.39 is 0 Å². The van der Waals surface area contributed by atoms with E-state index in [1.54, 1.807) is 24.4 Å². The molecule has 2 atom stereocenters. The number of rotatable bonds is 7.